The van der Waals surface area contributed by atoms with Crippen LogP contribution in [0, 0.1) is 0 Å². The predicted octanol–water partition coefficient (Wildman–Crippen LogP) is 6.25. The molecule has 2 rings (SSSR count). The van der Waals surface area contributed by atoms with E-state index in [9.17, 15) is 5.11 Å². The molecule has 124 valence electrons. The van der Waals surface area contributed by atoms with Gasteiger partial charge in [0.05, 0.1) is 0 Å². The summed E-state index contributed by atoms with van der Waals surface area (Å²) < 4.78 is 0. The first-order valence-electron chi connectivity index (χ1n) is 9.05. The summed E-state index contributed by atoms with van der Waals surface area (Å²) in [5.41, 5.74) is 4.13. The minimum absolute atomic E-state index is 0.337. The van der Waals surface area contributed by atoms with Crippen LogP contribution in [0.2, 0.25) is 0 Å². The van der Waals surface area contributed by atoms with Gasteiger partial charge in [0.1, 0.15) is 5.75 Å². The number of hydrogen-bond acceptors (Lipinski definition) is 1. The Morgan fingerprint density at radius 1 is 0.783 bits per heavy atom. The van der Waals surface area contributed by atoms with Crippen molar-refractivity contribution in [3.63, 3.8) is 0 Å². The minimum atomic E-state index is 0.337. The second-order valence-corrected chi connectivity index (χ2v) is 6.68. The fraction of sp³-hybridized carbons (Fsp3) is 0.455. The van der Waals surface area contributed by atoms with Gasteiger partial charge in [0.15, 0.2) is 0 Å². The lowest BCUT2D eigenvalue weighted by Crippen LogP contribution is -1.98. The Hall–Kier alpha value is -1.76. The molecule has 0 bridgehead atoms. The van der Waals surface area contributed by atoms with E-state index >= 15 is 0 Å². The van der Waals surface area contributed by atoms with Crippen molar-refractivity contribution in [1.82, 2.24) is 0 Å². The zero-order valence-corrected chi connectivity index (χ0v) is 14.6. The Morgan fingerprint density at radius 2 is 1.39 bits per heavy atom. The van der Waals surface area contributed by atoms with Gasteiger partial charge in [-0.25, -0.2) is 0 Å². The number of unbranched alkanes of at least 4 members (excludes halogenated alkanes) is 4. The Morgan fingerprint density at radius 3 is 2.04 bits per heavy atom. The van der Waals surface area contributed by atoms with Crippen LogP contribution in [-0.4, -0.2) is 5.11 Å². The molecule has 0 saturated heterocycles. The van der Waals surface area contributed by atoms with E-state index in [1.807, 2.05) is 12.1 Å². The van der Waals surface area contributed by atoms with Crippen molar-refractivity contribution in [3.05, 3.63) is 65.2 Å². The van der Waals surface area contributed by atoms with E-state index in [0.29, 0.717) is 11.7 Å². The van der Waals surface area contributed by atoms with Crippen molar-refractivity contribution in [2.45, 2.75) is 64.7 Å². The molecule has 0 radical (unpaired) electrons. The first kappa shape index (κ1) is 17.6. The number of benzene rings is 2. The second kappa shape index (κ2) is 9.39. The van der Waals surface area contributed by atoms with E-state index < -0.39 is 0 Å². The molecule has 0 heterocycles. The Kier molecular flexibility index (Phi) is 7.19. The van der Waals surface area contributed by atoms with Gasteiger partial charge >= 0.3 is 0 Å². The third-order valence-corrected chi connectivity index (χ3v) is 4.60. The van der Waals surface area contributed by atoms with Crippen molar-refractivity contribution in [2.75, 3.05) is 0 Å². The summed E-state index contributed by atoms with van der Waals surface area (Å²) in [7, 11) is 0. The number of phenolic OH excluding ortho intramolecular Hbond substituents is 1. The van der Waals surface area contributed by atoms with E-state index in [1.54, 1.807) is 12.1 Å². The molecule has 0 aromatic heterocycles. The molecular formula is C22H30O. The van der Waals surface area contributed by atoms with Gasteiger partial charge in [0.25, 0.3) is 0 Å². The van der Waals surface area contributed by atoms with Gasteiger partial charge in [-0.3, -0.25) is 0 Å². The zero-order chi connectivity index (χ0) is 16.5. The highest BCUT2D eigenvalue weighted by Gasteiger charge is 2.07. The van der Waals surface area contributed by atoms with Crippen LogP contribution >= 0.6 is 0 Å². The monoisotopic (exact) mass is 310 g/mol. The third-order valence-electron chi connectivity index (χ3n) is 4.60. The molecule has 2 aromatic carbocycles. The molecule has 1 N–H and O–H groups in total. The maximum absolute atomic E-state index is 9.38. The molecular weight excluding hydrogens is 280 g/mol. The van der Waals surface area contributed by atoms with Gasteiger partial charge in [0, 0.05) is 0 Å². The topological polar surface area (TPSA) is 20.2 Å². The summed E-state index contributed by atoms with van der Waals surface area (Å²) in [5, 5.41) is 9.38. The van der Waals surface area contributed by atoms with Crippen molar-refractivity contribution in [1.29, 1.82) is 0 Å². The average Bonchev–Trinajstić information content (AvgIpc) is 2.57. The number of aryl methyl sites for hydroxylation is 1. The van der Waals surface area contributed by atoms with Crippen LogP contribution in [0.4, 0.5) is 0 Å². The van der Waals surface area contributed by atoms with Gasteiger partial charge in [-0.1, -0.05) is 75.9 Å². The molecule has 0 aliphatic heterocycles. The van der Waals surface area contributed by atoms with E-state index in [1.165, 1.54) is 55.2 Å². The SMILES string of the molecule is CCCCCCCc1ccc(CC(C)c2ccc(O)cc2)cc1. The molecule has 0 spiro atoms. The lowest BCUT2D eigenvalue weighted by Gasteiger charge is -2.12. The molecule has 0 fully saturated rings. The van der Waals surface area contributed by atoms with Crippen LogP contribution in [0.3, 0.4) is 0 Å². The van der Waals surface area contributed by atoms with Crippen LogP contribution in [0.25, 0.3) is 0 Å². The van der Waals surface area contributed by atoms with E-state index in [2.05, 4.69) is 38.1 Å². The maximum Gasteiger partial charge on any atom is 0.115 e. The summed E-state index contributed by atoms with van der Waals surface area (Å²) in [4.78, 5) is 0. The van der Waals surface area contributed by atoms with Crippen molar-refractivity contribution >= 4 is 0 Å². The predicted molar refractivity (Wildman–Crippen MR) is 99.1 cm³/mol. The zero-order valence-electron chi connectivity index (χ0n) is 14.6. The minimum Gasteiger partial charge on any atom is -0.508 e. The molecule has 0 aliphatic rings. The highest BCUT2D eigenvalue weighted by molar-refractivity contribution is 5.30. The van der Waals surface area contributed by atoms with E-state index in [0.717, 1.165) is 6.42 Å². The first-order chi connectivity index (χ1) is 11.2. The Labute approximate surface area is 141 Å². The molecule has 1 unspecified atom stereocenters. The lowest BCUT2D eigenvalue weighted by molar-refractivity contribution is 0.475. The Bertz CT molecular complexity index is 554. The van der Waals surface area contributed by atoms with Crippen molar-refractivity contribution in [3.8, 4) is 5.75 Å². The van der Waals surface area contributed by atoms with Crippen LogP contribution in [0.1, 0.15) is 68.6 Å². The maximum atomic E-state index is 9.38. The third kappa shape index (κ3) is 6.09. The summed E-state index contributed by atoms with van der Waals surface area (Å²) in [6.45, 7) is 4.51. The normalized spacial score (nSPS) is 12.3. The first-order valence-corrected chi connectivity index (χ1v) is 9.05. The van der Waals surface area contributed by atoms with Gasteiger partial charge in [-0.15, -0.1) is 0 Å². The Balaban J connectivity index is 1.81. The van der Waals surface area contributed by atoms with Crippen molar-refractivity contribution < 1.29 is 5.11 Å². The van der Waals surface area contributed by atoms with Gasteiger partial charge in [-0.05, 0) is 54.0 Å². The second-order valence-electron chi connectivity index (χ2n) is 6.68. The molecule has 2 aromatic rings. The van der Waals surface area contributed by atoms with Gasteiger partial charge in [0.2, 0.25) is 0 Å². The largest absolute Gasteiger partial charge is 0.508 e. The average molecular weight is 310 g/mol. The number of rotatable bonds is 9. The summed E-state index contributed by atoms with van der Waals surface area (Å²) in [6.07, 6.45) is 8.97. The molecule has 1 atom stereocenters. The number of aromatic hydroxyl groups is 1. The van der Waals surface area contributed by atoms with Gasteiger partial charge in [-0.2, -0.15) is 0 Å². The fourth-order valence-corrected chi connectivity index (χ4v) is 3.05. The fourth-order valence-electron chi connectivity index (χ4n) is 3.05. The van der Waals surface area contributed by atoms with Crippen LogP contribution in [0.5, 0.6) is 5.75 Å². The highest BCUT2D eigenvalue weighted by atomic mass is 16.3. The molecule has 1 heteroatoms. The van der Waals surface area contributed by atoms with E-state index in [-0.39, 0.29) is 0 Å². The van der Waals surface area contributed by atoms with Crippen LogP contribution in [-0.2, 0) is 12.8 Å². The molecule has 1 nitrogen and oxygen atoms in total. The molecule has 0 saturated carbocycles. The number of phenols is 1. The molecule has 23 heavy (non-hydrogen) atoms. The summed E-state index contributed by atoms with van der Waals surface area (Å²) >= 11 is 0. The molecule has 0 amide bonds. The summed E-state index contributed by atoms with van der Waals surface area (Å²) in [5.74, 6) is 0.805. The van der Waals surface area contributed by atoms with Crippen LogP contribution < -0.4 is 0 Å². The standard InChI is InChI=1S/C22H30O/c1-3-4-5-6-7-8-19-9-11-20(12-10-19)17-18(2)21-13-15-22(23)16-14-21/h9-16,18,23H,3-8,17H2,1-2H3. The quantitative estimate of drug-likeness (QED) is 0.543. The summed E-state index contributed by atoms with van der Waals surface area (Å²) in [6, 6.07) is 16.7. The van der Waals surface area contributed by atoms with Crippen molar-refractivity contribution in [2.24, 2.45) is 0 Å². The van der Waals surface area contributed by atoms with E-state index in [4.69, 9.17) is 0 Å². The van der Waals surface area contributed by atoms with Crippen LogP contribution in [0.15, 0.2) is 48.5 Å². The smallest absolute Gasteiger partial charge is 0.115 e. The molecule has 0 aliphatic carbocycles. The number of hydrogen-bond donors (Lipinski definition) is 1. The van der Waals surface area contributed by atoms with Gasteiger partial charge < -0.3 is 5.11 Å². The highest BCUT2D eigenvalue weighted by Crippen LogP contribution is 2.22. The lowest BCUT2D eigenvalue weighted by atomic mass is 9.93.